The molecule has 1 fully saturated rings. The van der Waals surface area contributed by atoms with Crippen molar-refractivity contribution in [2.75, 3.05) is 0 Å². The Morgan fingerprint density at radius 1 is 1.39 bits per heavy atom. The maximum Gasteiger partial charge on any atom is 0.411 e. The largest absolute Gasteiger partial charge is 0.411 e. The fourth-order valence-corrected chi connectivity index (χ4v) is 2.44. The average Bonchev–Trinajstić information content (AvgIpc) is 2.97. The lowest BCUT2D eigenvalue weighted by atomic mass is 10.1. The number of benzene rings is 1. The molecule has 1 saturated carbocycles. The summed E-state index contributed by atoms with van der Waals surface area (Å²) in [6.45, 7) is 0. The van der Waals surface area contributed by atoms with E-state index in [9.17, 15) is 18.0 Å². The highest BCUT2D eigenvalue weighted by atomic mass is 79.9. The van der Waals surface area contributed by atoms with Crippen molar-refractivity contribution in [3.63, 3.8) is 0 Å². The van der Waals surface area contributed by atoms with E-state index in [0.29, 0.717) is 9.37 Å². The van der Waals surface area contributed by atoms with Crippen LogP contribution in [0.5, 0.6) is 0 Å². The Kier molecular flexibility index (Phi) is 3.40. The molecule has 0 unspecified atom stereocenters. The summed E-state index contributed by atoms with van der Waals surface area (Å²) in [5.41, 5.74) is -1.91. The Bertz CT molecular complexity index is 500. The van der Waals surface area contributed by atoms with Crippen LogP contribution in [0.25, 0.3) is 0 Å². The molecule has 2 rings (SSSR count). The lowest BCUT2D eigenvalue weighted by Crippen LogP contribution is -2.47. The molecule has 2 nitrogen and oxygen atoms in total. The van der Waals surface area contributed by atoms with Gasteiger partial charge in [-0.2, -0.15) is 13.2 Å². The zero-order chi connectivity index (χ0) is 13.6. The third kappa shape index (κ3) is 2.51. The summed E-state index contributed by atoms with van der Waals surface area (Å²) in [6.07, 6.45) is -4.55. The van der Waals surface area contributed by atoms with Gasteiger partial charge in [0.25, 0.3) is 5.91 Å². The molecule has 0 saturated heterocycles. The van der Waals surface area contributed by atoms with E-state index in [0.717, 1.165) is 0 Å². The maximum atomic E-state index is 12.7. The van der Waals surface area contributed by atoms with Gasteiger partial charge in [-0.3, -0.25) is 4.79 Å². The van der Waals surface area contributed by atoms with Crippen molar-refractivity contribution in [2.24, 2.45) is 0 Å². The summed E-state index contributed by atoms with van der Waals surface area (Å²) in [4.78, 5) is 12.1. The van der Waals surface area contributed by atoms with Gasteiger partial charge in [0.15, 0.2) is 0 Å². The van der Waals surface area contributed by atoms with E-state index in [1.165, 1.54) is 6.07 Å². The Balaban J connectivity index is 2.19. The normalized spacial score (nSPS) is 17.4. The highest BCUT2D eigenvalue weighted by molar-refractivity contribution is 9.10. The zero-order valence-corrected chi connectivity index (χ0v) is 11.5. The van der Waals surface area contributed by atoms with Crippen molar-refractivity contribution < 1.29 is 18.0 Å². The van der Waals surface area contributed by atoms with Crippen LogP contribution in [0, 0.1) is 0 Å². The molecule has 18 heavy (non-hydrogen) atoms. The van der Waals surface area contributed by atoms with Gasteiger partial charge in [-0.05, 0) is 31.0 Å². The molecule has 0 radical (unpaired) electrons. The molecule has 1 aliphatic carbocycles. The molecular weight excluding hydrogens is 331 g/mol. The minimum absolute atomic E-state index is 0.0688. The Morgan fingerprint density at radius 2 is 2.00 bits per heavy atom. The first kappa shape index (κ1) is 13.7. The lowest BCUT2D eigenvalue weighted by molar-refractivity contribution is -0.163. The van der Waals surface area contributed by atoms with Gasteiger partial charge in [-0.25, -0.2) is 0 Å². The van der Waals surface area contributed by atoms with Gasteiger partial charge in [-0.15, -0.1) is 12.6 Å². The third-order valence-electron chi connectivity index (χ3n) is 2.85. The van der Waals surface area contributed by atoms with Gasteiger partial charge < -0.3 is 5.32 Å². The SMILES string of the molecule is O=C(NC1(C(F)(F)F)CC1)c1ccc(Br)cc1S. The minimum Gasteiger partial charge on any atom is -0.338 e. The highest BCUT2D eigenvalue weighted by Gasteiger charge is 2.64. The molecule has 7 heteroatoms. The summed E-state index contributed by atoms with van der Waals surface area (Å²) in [6, 6.07) is 4.58. The zero-order valence-electron chi connectivity index (χ0n) is 9.01. The van der Waals surface area contributed by atoms with Crippen molar-refractivity contribution in [1.82, 2.24) is 5.32 Å². The Morgan fingerprint density at radius 3 is 2.44 bits per heavy atom. The van der Waals surface area contributed by atoms with Gasteiger partial charge in [-0.1, -0.05) is 15.9 Å². The van der Waals surface area contributed by atoms with E-state index in [1.54, 1.807) is 12.1 Å². The molecule has 1 aromatic carbocycles. The first-order valence-corrected chi connectivity index (χ1v) is 6.37. The molecule has 0 aliphatic heterocycles. The van der Waals surface area contributed by atoms with E-state index >= 15 is 0 Å². The molecule has 0 bridgehead atoms. The Labute approximate surface area is 115 Å². The molecule has 0 aromatic heterocycles. The fourth-order valence-electron chi connectivity index (χ4n) is 1.59. The number of carbonyl (C=O) groups is 1. The second kappa shape index (κ2) is 4.45. The quantitative estimate of drug-likeness (QED) is 0.792. The van der Waals surface area contributed by atoms with Crippen molar-refractivity contribution in [1.29, 1.82) is 0 Å². The van der Waals surface area contributed by atoms with E-state index in [1.807, 2.05) is 0 Å². The number of rotatable bonds is 2. The van der Waals surface area contributed by atoms with Crippen LogP contribution >= 0.6 is 28.6 Å². The van der Waals surface area contributed by atoms with Crippen LogP contribution in [0.4, 0.5) is 13.2 Å². The predicted molar refractivity (Wildman–Crippen MR) is 66.9 cm³/mol. The number of carbonyl (C=O) groups excluding carboxylic acids is 1. The molecular formula is C11H9BrF3NOS. The van der Waals surface area contributed by atoms with Crippen LogP contribution in [0.3, 0.4) is 0 Å². The predicted octanol–water partition coefficient (Wildman–Crippen LogP) is 3.56. The van der Waals surface area contributed by atoms with Gasteiger partial charge in [0.05, 0.1) is 5.56 Å². The summed E-state index contributed by atoms with van der Waals surface area (Å²) < 4.78 is 38.8. The van der Waals surface area contributed by atoms with Crippen LogP contribution in [-0.4, -0.2) is 17.6 Å². The monoisotopic (exact) mass is 339 g/mol. The molecule has 1 aromatic rings. The van der Waals surface area contributed by atoms with Crippen molar-refractivity contribution in [3.8, 4) is 0 Å². The van der Waals surface area contributed by atoms with Crippen LogP contribution in [-0.2, 0) is 0 Å². The average molecular weight is 340 g/mol. The number of hydrogen-bond donors (Lipinski definition) is 2. The second-order valence-corrected chi connectivity index (χ2v) is 5.59. The van der Waals surface area contributed by atoms with Crippen molar-refractivity contribution in [3.05, 3.63) is 28.2 Å². The molecule has 1 aliphatic rings. The summed E-state index contributed by atoms with van der Waals surface area (Å²) in [7, 11) is 0. The number of alkyl halides is 3. The highest BCUT2D eigenvalue weighted by Crippen LogP contribution is 2.49. The topological polar surface area (TPSA) is 29.1 Å². The number of thiol groups is 1. The van der Waals surface area contributed by atoms with Gasteiger partial charge in [0.2, 0.25) is 0 Å². The lowest BCUT2D eigenvalue weighted by Gasteiger charge is -2.21. The minimum atomic E-state index is -4.41. The van der Waals surface area contributed by atoms with E-state index in [4.69, 9.17) is 0 Å². The second-order valence-electron chi connectivity index (χ2n) is 4.20. The van der Waals surface area contributed by atoms with Crippen molar-refractivity contribution in [2.45, 2.75) is 29.5 Å². The summed E-state index contributed by atoms with van der Waals surface area (Å²) >= 11 is 7.27. The first-order valence-electron chi connectivity index (χ1n) is 5.13. The van der Waals surface area contributed by atoms with E-state index in [2.05, 4.69) is 33.9 Å². The number of hydrogen-bond acceptors (Lipinski definition) is 2. The van der Waals surface area contributed by atoms with Crippen LogP contribution in [0.15, 0.2) is 27.6 Å². The van der Waals surface area contributed by atoms with Crippen molar-refractivity contribution >= 4 is 34.5 Å². The molecule has 1 N–H and O–H groups in total. The maximum absolute atomic E-state index is 12.7. The summed E-state index contributed by atoms with van der Waals surface area (Å²) in [5, 5.41) is 2.06. The smallest absolute Gasteiger partial charge is 0.338 e. The molecule has 0 heterocycles. The van der Waals surface area contributed by atoms with Gasteiger partial charge in [0, 0.05) is 9.37 Å². The molecule has 98 valence electrons. The van der Waals surface area contributed by atoms with Crippen LogP contribution < -0.4 is 5.32 Å². The Hall–Kier alpha value is -0.690. The fraction of sp³-hybridized carbons (Fsp3) is 0.364. The molecule has 0 atom stereocenters. The molecule has 1 amide bonds. The van der Waals surface area contributed by atoms with E-state index < -0.39 is 17.6 Å². The first-order chi connectivity index (χ1) is 8.25. The van der Waals surface area contributed by atoms with Crippen LogP contribution in [0.2, 0.25) is 0 Å². The molecule has 0 spiro atoms. The van der Waals surface area contributed by atoms with E-state index in [-0.39, 0.29) is 18.4 Å². The van der Waals surface area contributed by atoms with Gasteiger partial charge in [0.1, 0.15) is 5.54 Å². The third-order valence-corrected chi connectivity index (χ3v) is 3.71. The van der Waals surface area contributed by atoms with Crippen LogP contribution in [0.1, 0.15) is 23.2 Å². The standard InChI is InChI=1S/C11H9BrF3NOS/c12-6-1-2-7(8(18)5-6)9(17)16-10(3-4-10)11(13,14)15/h1-2,5,18H,3-4H2,(H,16,17). The number of amides is 1. The number of halogens is 4. The van der Waals surface area contributed by atoms with Gasteiger partial charge >= 0.3 is 6.18 Å². The summed E-state index contributed by atoms with van der Waals surface area (Å²) in [5.74, 6) is -0.748. The number of nitrogens with one attached hydrogen (secondary N) is 1.